The molecule has 0 saturated carbocycles. The maximum atomic E-state index is 5.38. The molecule has 1 heterocycles. The second-order valence-electron chi connectivity index (χ2n) is 4.95. The van der Waals surface area contributed by atoms with Crippen molar-refractivity contribution in [1.82, 2.24) is 4.90 Å². The number of hydrogen-bond acceptors (Lipinski definition) is 2. The van der Waals surface area contributed by atoms with Crippen molar-refractivity contribution in [3.63, 3.8) is 0 Å². The van der Waals surface area contributed by atoms with E-state index in [1.54, 1.807) is 7.11 Å². The third kappa shape index (κ3) is 3.07. The molecule has 1 aliphatic rings. The molecule has 0 atom stereocenters. The number of methoxy groups -OCH3 is 1. The Kier molecular flexibility index (Phi) is 5.07. The molecule has 0 amide bonds. The van der Waals surface area contributed by atoms with Crippen LogP contribution >= 0.6 is 15.9 Å². The molecule has 18 heavy (non-hydrogen) atoms. The van der Waals surface area contributed by atoms with Crippen LogP contribution in [0.5, 0.6) is 5.75 Å². The Bertz CT molecular complexity index is 406. The summed E-state index contributed by atoms with van der Waals surface area (Å²) >= 11 is 3.68. The molecule has 2 nitrogen and oxygen atoms in total. The van der Waals surface area contributed by atoms with Crippen molar-refractivity contribution in [2.45, 2.75) is 39.2 Å². The standard InChI is InChI=1S/C15H22BrNO/c1-3-4-5-9-17-10-8-12-6-7-14(18-2)15(16)13(12)11-17/h6-7H,3-5,8-11H2,1-2H3. The van der Waals surface area contributed by atoms with Crippen molar-refractivity contribution in [3.05, 3.63) is 27.7 Å². The van der Waals surface area contributed by atoms with E-state index in [9.17, 15) is 0 Å². The van der Waals surface area contributed by atoms with Crippen LogP contribution in [0.4, 0.5) is 0 Å². The fraction of sp³-hybridized carbons (Fsp3) is 0.600. The molecule has 100 valence electrons. The molecule has 0 bridgehead atoms. The van der Waals surface area contributed by atoms with Gasteiger partial charge in [0.1, 0.15) is 5.75 Å². The van der Waals surface area contributed by atoms with Crippen LogP contribution in [0.3, 0.4) is 0 Å². The SMILES string of the molecule is CCCCCN1CCc2ccc(OC)c(Br)c2C1. The third-order valence-corrected chi connectivity index (χ3v) is 4.55. The molecular formula is C15H22BrNO. The summed E-state index contributed by atoms with van der Waals surface area (Å²) in [4.78, 5) is 2.56. The number of hydrogen-bond donors (Lipinski definition) is 0. The van der Waals surface area contributed by atoms with Gasteiger partial charge < -0.3 is 4.74 Å². The van der Waals surface area contributed by atoms with Crippen molar-refractivity contribution in [3.8, 4) is 5.75 Å². The van der Waals surface area contributed by atoms with Crippen molar-refractivity contribution < 1.29 is 4.74 Å². The molecule has 0 fully saturated rings. The van der Waals surface area contributed by atoms with E-state index in [1.807, 2.05) is 0 Å². The molecule has 0 aromatic heterocycles. The summed E-state index contributed by atoms with van der Waals surface area (Å²) in [5, 5.41) is 0. The minimum atomic E-state index is 0.948. The lowest BCUT2D eigenvalue weighted by Gasteiger charge is -2.30. The van der Waals surface area contributed by atoms with Gasteiger partial charge in [-0.25, -0.2) is 0 Å². The van der Waals surface area contributed by atoms with E-state index in [1.165, 1.54) is 43.5 Å². The van der Waals surface area contributed by atoms with Crippen LogP contribution in [-0.4, -0.2) is 25.1 Å². The van der Waals surface area contributed by atoms with E-state index in [0.717, 1.165) is 23.2 Å². The lowest BCUT2D eigenvalue weighted by atomic mass is 9.99. The highest BCUT2D eigenvalue weighted by Gasteiger charge is 2.19. The summed E-state index contributed by atoms with van der Waals surface area (Å²) in [6, 6.07) is 4.28. The second kappa shape index (κ2) is 6.58. The van der Waals surface area contributed by atoms with Crippen LogP contribution in [0, 0.1) is 0 Å². The number of unbranched alkanes of at least 4 members (excludes halogenated alkanes) is 2. The largest absolute Gasteiger partial charge is 0.496 e. The quantitative estimate of drug-likeness (QED) is 0.762. The second-order valence-corrected chi connectivity index (χ2v) is 5.75. The fourth-order valence-electron chi connectivity index (χ4n) is 2.56. The maximum Gasteiger partial charge on any atom is 0.133 e. The first-order chi connectivity index (χ1) is 8.76. The Labute approximate surface area is 118 Å². The average Bonchev–Trinajstić information content (AvgIpc) is 2.40. The molecular weight excluding hydrogens is 290 g/mol. The van der Waals surface area contributed by atoms with Gasteiger partial charge in [-0.1, -0.05) is 25.8 Å². The number of halogens is 1. The lowest BCUT2D eigenvalue weighted by Crippen LogP contribution is -2.31. The molecule has 0 N–H and O–H groups in total. The van der Waals surface area contributed by atoms with E-state index in [-0.39, 0.29) is 0 Å². The third-order valence-electron chi connectivity index (χ3n) is 3.68. The van der Waals surface area contributed by atoms with Crippen molar-refractivity contribution >= 4 is 15.9 Å². The first kappa shape index (κ1) is 13.9. The molecule has 1 aromatic carbocycles. The number of fused-ring (bicyclic) bond motifs is 1. The maximum absolute atomic E-state index is 5.38. The van der Waals surface area contributed by atoms with Gasteiger partial charge in [0, 0.05) is 13.1 Å². The Morgan fingerprint density at radius 2 is 2.17 bits per heavy atom. The first-order valence-electron chi connectivity index (χ1n) is 6.82. The Morgan fingerprint density at radius 1 is 1.33 bits per heavy atom. The minimum Gasteiger partial charge on any atom is -0.496 e. The highest BCUT2D eigenvalue weighted by atomic mass is 79.9. The van der Waals surface area contributed by atoms with Crippen LogP contribution < -0.4 is 4.74 Å². The average molecular weight is 312 g/mol. The zero-order chi connectivity index (χ0) is 13.0. The smallest absolute Gasteiger partial charge is 0.133 e. The molecule has 0 radical (unpaired) electrons. The van der Waals surface area contributed by atoms with Crippen LogP contribution in [0.1, 0.15) is 37.3 Å². The molecule has 1 aliphatic heterocycles. The summed E-state index contributed by atoms with van der Waals surface area (Å²) in [5.41, 5.74) is 2.88. The van der Waals surface area contributed by atoms with Gasteiger partial charge in [0.15, 0.2) is 0 Å². The highest BCUT2D eigenvalue weighted by molar-refractivity contribution is 9.10. The zero-order valence-corrected chi connectivity index (χ0v) is 12.9. The first-order valence-corrected chi connectivity index (χ1v) is 7.62. The van der Waals surface area contributed by atoms with Crippen LogP contribution in [0.15, 0.2) is 16.6 Å². The van der Waals surface area contributed by atoms with Crippen molar-refractivity contribution in [2.24, 2.45) is 0 Å². The van der Waals surface area contributed by atoms with E-state index < -0.39 is 0 Å². The van der Waals surface area contributed by atoms with E-state index in [4.69, 9.17) is 4.74 Å². The Hall–Kier alpha value is -0.540. The molecule has 3 heteroatoms. The predicted molar refractivity (Wildman–Crippen MR) is 79.2 cm³/mol. The fourth-order valence-corrected chi connectivity index (χ4v) is 3.23. The molecule has 0 unspecified atom stereocenters. The topological polar surface area (TPSA) is 12.5 Å². The van der Waals surface area contributed by atoms with Crippen LogP contribution in [-0.2, 0) is 13.0 Å². The highest BCUT2D eigenvalue weighted by Crippen LogP contribution is 2.34. The summed E-state index contributed by atoms with van der Waals surface area (Å²) in [6.07, 6.45) is 5.10. The predicted octanol–water partition coefficient (Wildman–Crippen LogP) is 4.01. The minimum absolute atomic E-state index is 0.948. The molecule has 2 rings (SSSR count). The molecule has 0 aliphatic carbocycles. The lowest BCUT2D eigenvalue weighted by molar-refractivity contribution is 0.247. The van der Waals surface area contributed by atoms with Gasteiger partial charge in [0.05, 0.1) is 11.6 Å². The van der Waals surface area contributed by atoms with Gasteiger partial charge in [0.25, 0.3) is 0 Å². The van der Waals surface area contributed by atoms with Gasteiger partial charge in [-0.15, -0.1) is 0 Å². The van der Waals surface area contributed by atoms with E-state index >= 15 is 0 Å². The summed E-state index contributed by atoms with van der Waals surface area (Å²) in [7, 11) is 1.73. The molecule has 1 aromatic rings. The van der Waals surface area contributed by atoms with Crippen molar-refractivity contribution in [1.29, 1.82) is 0 Å². The summed E-state index contributed by atoms with van der Waals surface area (Å²) in [6.45, 7) is 5.72. The Balaban J connectivity index is 2.07. The van der Waals surface area contributed by atoms with E-state index in [0.29, 0.717) is 0 Å². The number of benzene rings is 1. The monoisotopic (exact) mass is 311 g/mol. The molecule has 0 spiro atoms. The van der Waals surface area contributed by atoms with Gasteiger partial charge in [-0.3, -0.25) is 4.90 Å². The number of ether oxygens (including phenoxy) is 1. The van der Waals surface area contributed by atoms with Crippen molar-refractivity contribution in [2.75, 3.05) is 20.2 Å². The van der Waals surface area contributed by atoms with Crippen LogP contribution in [0.2, 0.25) is 0 Å². The van der Waals surface area contributed by atoms with Gasteiger partial charge in [0.2, 0.25) is 0 Å². The summed E-state index contributed by atoms with van der Waals surface area (Å²) < 4.78 is 6.52. The van der Waals surface area contributed by atoms with E-state index in [2.05, 4.69) is 39.9 Å². The summed E-state index contributed by atoms with van der Waals surface area (Å²) in [5.74, 6) is 0.948. The van der Waals surface area contributed by atoms with Gasteiger partial charge in [-0.2, -0.15) is 0 Å². The Morgan fingerprint density at radius 3 is 2.89 bits per heavy atom. The van der Waals surface area contributed by atoms with Gasteiger partial charge >= 0.3 is 0 Å². The van der Waals surface area contributed by atoms with Gasteiger partial charge in [-0.05, 0) is 52.5 Å². The number of rotatable bonds is 5. The normalized spacial score (nSPS) is 15.5. The van der Waals surface area contributed by atoms with Crippen LogP contribution in [0.25, 0.3) is 0 Å². The zero-order valence-electron chi connectivity index (χ0n) is 11.3. The number of nitrogens with zero attached hydrogens (tertiary/aromatic N) is 1. The molecule has 0 saturated heterocycles.